The number of hydrogen-bond donors (Lipinski definition) is 0. The molecular weight excluding hydrogens is 442 g/mol. The summed E-state index contributed by atoms with van der Waals surface area (Å²) in [6.07, 6.45) is 0.981. The second kappa shape index (κ2) is 11.3. The molecule has 5 heteroatoms. The van der Waals surface area contributed by atoms with Gasteiger partial charge in [0, 0.05) is 32.6 Å². The van der Waals surface area contributed by atoms with Gasteiger partial charge in [-0.3, -0.25) is 4.79 Å². The van der Waals surface area contributed by atoms with E-state index < -0.39 is 0 Å². The van der Waals surface area contributed by atoms with Crippen molar-refractivity contribution in [3.8, 4) is 21.9 Å². The van der Waals surface area contributed by atoms with Crippen molar-refractivity contribution in [1.29, 1.82) is 0 Å². The van der Waals surface area contributed by atoms with Gasteiger partial charge in [0.15, 0.2) is 5.78 Å². The van der Waals surface area contributed by atoms with Gasteiger partial charge in [0.2, 0.25) is 0 Å². The molecule has 1 heterocycles. The molecule has 1 aromatic heterocycles. The normalized spacial score (nSPS) is 11.2. The van der Waals surface area contributed by atoms with Crippen LogP contribution in [0.25, 0.3) is 20.5 Å². The SMILES string of the molecule is CCN(CC)CCCOc1ccc(C(=O)c2c(-c3ccc(OC)cc3)sc3ccccc23)cc1. The highest BCUT2D eigenvalue weighted by Gasteiger charge is 2.21. The van der Waals surface area contributed by atoms with Gasteiger partial charge < -0.3 is 14.4 Å². The third-order valence-corrected chi connectivity index (χ3v) is 7.29. The molecule has 0 N–H and O–H groups in total. The molecule has 0 bridgehead atoms. The van der Waals surface area contributed by atoms with Crippen molar-refractivity contribution < 1.29 is 14.3 Å². The van der Waals surface area contributed by atoms with Gasteiger partial charge >= 0.3 is 0 Å². The van der Waals surface area contributed by atoms with E-state index in [1.807, 2.05) is 66.7 Å². The van der Waals surface area contributed by atoms with Crippen molar-refractivity contribution >= 4 is 27.2 Å². The molecule has 0 aliphatic carbocycles. The van der Waals surface area contributed by atoms with E-state index in [9.17, 15) is 4.79 Å². The molecular formula is C29H31NO3S. The maximum absolute atomic E-state index is 13.7. The second-order valence-electron chi connectivity index (χ2n) is 8.11. The summed E-state index contributed by atoms with van der Waals surface area (Å²) in [7, 11) is 1.65. The maximum atomic E-state index is 13.7. The Kier molecular flexibility index (Phi) is 7.99. The van der Waals surface area contributed by atoms with Gasteiger partial charge in [-0.2, -0.15) is 0 Å². The van der Waals surface area contributed by atoms with Crippen molar-refractivity contribution in [3.05, 3.63) is 83.9 Å². The summed E-state index contributed by atoms with van der Waals surface area (Å²) < 4.78 is 12.3. The van der Waals surface area contributed by atoms with E-state index in [1.165, 1.54) is 0 Å². The molecule has 0 unspecified atom stereocenters. The number of fused-ring (bicyclic) bond motifs is 1. The first-order valence-electron chi connectivity index (χ1n) is 11.8. The third-order valence-electron chi connectivity index (χ3n) is 6.07. The van der Waals surface area contributed by atoms with Gasteiger partial charge in [-0.25, -0.2) is 0 Å². The van der Waals surface area contributed by atoms with Crippen LogP contribution in [-0.2, 0) is 0 Å². The monoisotopic (exact) mass is 473 g/mol. The van der Waals surface area contributed by atoms with Crippen molar-refractivity contribution in [2.45, 2.75) is 20.3 Å². The van der Waals surface area contributed by atoms with Gasteiger partial charge in [0.25, 0.3) is 0 Å². The first-order valence-corrected chi connectivity index (χ1v) is 12.6. The van der Waals surface area contributed by atoms with Crippen LogP contribution in [0.3, 0.4) is 0 Å². The maximum Gasteiger partial charge on any atom is 0.195 e. The molecule has 0 aliphatic heterocycles. The molecule has 0 amide bonds. The van der Waals surface area contributed by atoms with Crippen molar-refractivity contribution in [1.82, 2.24) is 4.90 Å². The number of rotatable bonds is 11. The number of ether oxygens (including phenoxy) is 2. The van der Waals surface area contributed by atoms with E-state index in [1.54, 1.807) is 18.4 Å². The zero-order valence-electron chi connectivity index (χ0n) is 20.0. The molecule has 34 heavy (non-hydrogen) atoms. The molecule has 0 fully saturated rings. The lowest BCUT2D eigenvalue weighted by Crippen LogP contribution is -2.25. The Hall–Kier alpha value is -3.15. The lowest BCUT2D eigenvalue weighted by Gasteiger charge is -2.17. The zero-order valence-corrected chi connectivity index (χ0v) is 20.9. The van der Waals surface area contributed by atoms with E-state index in [0.29, 0.717) is 12.2 Å². The lowest BCUT2D eigenvalue weighted by atomic mass is 9.97. The summed E-state index contributed by atoms with van der Waals surface area (Å²) in [6.45, 7) is 8.17. The van der Waals surface area contributed by atoms with E-state index in [2.05, 4.69) is 24.8 Å². The Morgan fingerprint density at radius 1 is 0.882 bits per heavy atom. The van der Waals surface area contributed by atoms with E-state index in [4.69, 9.17) is 9.47 Å². The Bertz CT molecular complexity index is 1220. The van der Waals surface area contributed by atoms with Crippen molar-refractivity contribution in [3.63, 3.8) is 0 Å². The second-order valence-corrected chi connectivity index (χ2v) is 9.17. The van der Waals surface area contributed by atoms with E-state index in [-0.39, 0.29) is 5.78 Å². The summed E-state index contributed by atoms with van der Waals surface area (Å²) in [5.41, 5.74) is 2.42. The Balaban J connectivity index is 1.55. The van der Waals surface area contributed by atoms with Crippen LogP contribution in [0, 0.1) is 0 Å². The number of benzene rings is 3. The first-order chi connectivity index (χ1) is 16.6. The highest BCUT2D eigenvalue weighted by molar-refractivity contribution is 7.22. The van der Waals surface area contributed by atoms with Gasteiger partial charge in [-0.05, 0) is 79.7 Å². The minimum atomic E-state index is 0.0244. The fourth-order valence-corrected chi connectivity index (χ4v) is 5.29. The molecule has 0 spiro atoms. The molecule has 4 aromatic rings. The minimum Gasteiger partial charge on any atom is -0.497 e. The Morgan fingerprint density at radius 3 is 2.24 bits per heavy atom. The molecule has 0 saturated heterocycles. The highest BCUT2D eigenvalue weighted by atomic mass is 32.1. The Morgan fingerprint density at radius 2 is 1.56 bits per heavy atom. The van der Waals surface area contributed by atoms with Crippen LogP contribution < -0.4 is 9.47 Å². The molecule has 0 saturated carbocycles. The summed E-state index contributed by atoms with van der Waals surface area (Å²) >= 11 is 1.65. The average Bonchev–Trinajstić information content (AvgIpc) is 3.28. The molecule has 176 valence electrons. The van der Waals surface area contributed by atoms with E-state index in [0.717, 1.165) is 63.6 Å². The fraction of sp³-hybridized carbons (Fsp3) is 0.276. The largest absolute Gasteiger partial charge is 0.497 e. The molecule has 0 atom stereocenters. The molecule has 4 rings (SSSR count). The van der Waals surface area contributed by atoms with Crippen molar-refractivity contribution in [2.24, 2.45) is 0 Å². The molecule has 4 nitrogen and oxygen atoms in total. The van der Waals surface area contributed by atoms with Gasteiger partial charge in [-0.15, -0.1) is 11.3 Å². The highest BCUT2D eigenvalue weighted by Crippen LogP contribution is 2.40. The Labute approximate surface area is 205 Å². The standard InChI is InChI=1S/C29H31NO3S/c1-4-30(5-2)19-8-20-33-24-17-11-21(12-18-24)28(31)27-25-9-6-7-10-26(25)34-29(27)22-13-15-23(32-3)16-14-22/h6-7,9-18H,4-5,8,19-20H2,1-3H3. The van der Waals surface area contributed by atoms with Gasteiger partial charge in [-0.1, -0.05) is 32.0 Å². The fourth-order valence-electron chi connectivity index (χ4n) is 4.08. The number of ketones is 1. The van der Waals surface area contributed by atoms with Crippen LogP contribution in [0.2, 0.25) is 0 Å². The quantitative estimate of drug-likeness (QED) is 0.175. The van der Waals surface area contributed by atoms with Crippen LogP contribution in [0.1, 0.15) is 36.2 Å². The number of nitrogens with zero attached hydrogens (tertiary/aromatic N) is 1. The zero-order chi connectivity index (χ0) is 23.9. The summed E-state index contributed by atoms with van der Waals surface area (Å²) in [5.74, 6) is 1.61. The topological polar surface area (TPSA) is 38.8 Å². The summed E-state index contributed by atoms with van der Waals surface area (Å²) in [6, 6.07) is 23.5. The summed E-state index contributed by atoms with van der Waals surface area (Å²) in [5, 5.41) is 0.986. The van der Waals surface area contributed by atoms with Crippen LogP contribution in [-0.4, -0.2) is 44.0 Å². The van der Waals surface area contributed by atoms with Crippen LogP contribution in [0.5, 0.6) is 11.5 Å². The first kappa shape index (κ1) is 24.0. The van der Waals surface area contributed by atoms with Crippen LogP contribution in [0.15, 0.2) is 72.8 Å². The third kappa shape index (κ3) is 5.32. The predicted octanol–water partition coefficient (Wildman–Crippen LogP) is 6.92. The van der Waals surface area contributed by atoms with Crippen LogP contribution >= 0.6 is 11.3 Å². The van der Waals surface area contributed by atoms with Gasteiger partial charge in [0.1, 0.15) is 11.5 Å². The molecule has 3 aromatic carbocycles. The number of thiophene rings is 1. The lowest BCUT2D eigenvalue weighted by molar-refractivity contribution is 0.104. The molecule has 0 radical (unpaired) electrons. The average molecular weight is 474 g/mol. The van der Waals surface area contributed by atoms with Crippen molar-refractivity contribution in [2.75, 3.05) is 33.4 Å². The minimum absolute atomic E-state index is 0.0244. The van der Waals surface area contributed by atoms with E-state index >= 15 is 0 Å². The number of hydrogen-bond acceptors (Lipinski definition) is 5. The number of methoxy groups -OCH3 is 1. The van der Waals surface area contributed by atoms with Crippen LogP contribution in [0.4, 0.5) is 0 Å². The number of carbonyl (C=O) groups excluding carboxylic acids is 1. The van der Waals surface area contributed by atoms with Gasteiger partial charge in [0.05, 0.1) is 13.7 Å². The smallest absolute Gasteiger partial charge is 0.195 e. The number of carbonyl (C=O) groups is 1. The predicted molar refractivity (Wildman–Crippen MR) is 142 cm³/mol. The summed E-state index contributed by atoms with van der Waals surface area (Å²) in [4.78, 5) is 17.1. The molecule has 0 aliphatic rings.